The molecule has 3 N–H and O–H groups in total. The van der Waals surface area contributed by atoms with E-state index in [-0.39, 0.29) is 22.3 Å². The van der Waals surface area contributed by atoms with Crippen LogP contribution in [0.4, 0.5) is 8.78 Å². The second-order valence-electron chi connectivity index (χ2n) is 3.32. The SMILES string of the molecule is Cl.NCC(F)(F)CNS(=O)(=O)c1ccccc1Cl. The molecular weight excluding hydrogens is 309 g/mol. The van der Waals surface area contributed by atoms with E-state index >= 15 is 0 Å². The van der Waals surface area contributed by atoms with Gasteiger partial charge in [0.2, 0.25) is 10.0 Å². The number of benzene rings is 1. The normalized spacial score (nSPS) is 12.0. The lowest BCUT2D eigenvalue weighted by molar-refractivity contribution is 0.0170. The largest absolute Gasteiger partial charge is 0.325 e. The van der Waals surface area contributed by atoms with Crippen LogP contribution < -0.4 is 10.5 Å². The number of sulfonamides is 1. The van der Waals surface area contributed by atoms with Gasteiger partial charge in [-0.2, -0.15) is 0 Å². The Morgan fingerprint density at radius 3 is 2.39 bits per heavy atom. The van der Waals surface area contributed by atoms with E-state index in [0.717, 1.165) is 0 Å². The molecule has 0 saturated heterocycles. The van der Waals surface area contributed by atoms with E-state index in [2.05, 4.69) is 0 Å². The Labute approximate surface area is 115 Å². The maximum absolute atomic E-state index is 12.8. The lowest BCUT2D eigenvalue weighted by Gasteiger charge is -2.15. The van der Waals surface area contributed by atoms with Gasteiger partial charge in [-0.05, 0) is 12.1 Å². The van der Waals surface area contributed by atoms with Crippen LogP contribution >= 0.6 is 24.0 Å². The molecule has 0 fully saturated rings. The van der Waals surface area contributed by atoms with Crippen LogP contribution in [0.1, 0.15) is 0 Å². The number of nitrogens with two attached hydrogens (primary N) is 1. The molecule has 0 aliphatic rings. The summed E-state index contributed by atoms with van der Waals surface area (Å²) in [6, 6.07) is 5.57. The Balaban J connectivity index is 0.00000289. The summed E-state index contributed by atoms with van der Waals surface area (Å²) in [5.41, 5.74) is 4.79. The predicted molar refractivity (Wildman–Crippen MR) is 67.9 cm³/mol. The molecule has 4 nitrogen and oxygen atoms in total. The molecule has 0 spiro atoms. The quantitative estimate of drug-likeness (QED) is 0.866. The number of hydrogen-bond donors (Lipinski definition) is 2. The molecule has 0 bridgehead atoms. The Bertz CT molecular complexity index is 497. The Morgan fingerprint density at radius 2 is 1.89 bits per heavy atom. The van der Waals surface area contributed by atoms with Crippen LogP contribution in [0.15, 0.2) is 29.2 Å². The number of hydrogen-bond acceptors (Lipinski definition) is 3. The summed E-state index contributed by atoms with van der Waals surface area (Å²) in [6.07, 6.45) is 0. The second-order valence-corrected chi connectivity index (χ2v) is 5.46. The van der Waals surface area contributed by atoms with Gasteiger partial charge in [-0.15, -0.1) is 12.4 Å². The molecule has 18 heavy (non-hydrogen) atoms. The van der Waals surface area contributed by atoms with E-state index in [1.165, 1.54) is 24.3 Å². The van der Waals surface area contributed by atoms with Crippen molar-refractivity contribution < 1.29 is 17.2 Å². The number of nitrogens with one attached hydrogen (secondary N) is 1. The maximum Gasteiger partial charge on any atom is 0.273 e. The zero-order valence-corrected chi connectivity index (χ0v) is 11.5. The van der Waals surface area contributed by atoms with Gasteiger partial charge in [0.15, 0.2) is 0 Å². The Morgan fingerprint density at radius 1 is 1.33 bits per heavy atom. The van der Waals surface area contributed by atoms with Crippen LogP contribution in [0.5, 0.6) is 0 Å². The van der Waals surface area contributed by atoms with Gasteiger partial charge in [0, 0.05) is 0 Å². The molecule has 0 aromatic heterocycles. The van der Waals surface area contributed by atoms with Crippen molar-refractivity contribution in [2.45, 2.75) is 10.8 Å². The highest BCUT2D eigenvalue weighted by Crippen LogP contribution is 2.20. The average Bonchev–Trinajstić information content (AvgIpc) is 2.27. The van der Waals surface area contributed by atoms with E-state index in [0.29, 0.717) is 0 Å². The van der Waals surface area contributed by atoms with Crippen molar-refractivity contribution in [1.82, 2.24) is 4.72 Å². The number of alkyl halides is 2. The summed E-state index contributed by atoms with van der Waals surface area (Å²) in [7, 11) is -4.05. The first kappa shape index (κ1) is 17.5. The van der Waals surface area contributed by atoms with Crippen LogP contribution in [0.25, 0.3) is 0 Å². The highest BCUT2D eigenvalue weighted by molar-refractivity contribution is 7.89. The Kier molecular flexibility index (Phi) is 6.45. The van der Waals surface area contributed by atoms with Crippen molar-refractivity contribution in [3.8, 4) is 0 Å². The topological polar surface area (TPSA) is 72.2 Å². The molecule has 0 radical (unpaired) electrons. The van der Waals surface area contributed by atoms with Crippen LogP contribution in [0.2, 0.25) is 5.02 Å². The van der Waals surface area contributed by atoms with Gasteiger partial charge in [-0.3, -0.25) is 0 Å². The molecule has 104 valence electrons. The lowest BCUT2D eigenvalue weighted by Crippen LogP contribution is -2.41. The number of halogens is 4. The third kappa shape index (κ3) is 4.66. The molecule has 0 atom stereocenters. The third-order valence-electron chi connectivity index (χ3n) is 1.95. The maximum atomic E-state index is 12.8. The second kappa shape index (κ2) is 6.63. The molecule has 0 aliphatic carbocycles. The molecule has 1 aromatic rings. The minimum Gasteiger partial charge on any atom is -0.325 e. The zero-order valence-electron chi connectivity index (χ0n) is 9.07. The third-order valence-corrected chi connectivity index (χ3v) is 3.85. The van der Waals surface area contributed by atoms with Crippen molar-refractivity contribution in [1.29, 1.82) is 0 Å². The van der Waals surface area contributed by atoms with Gasteiger partial charge < -0.3 is 5.73 Å². The molecule has 0 saturated carbocycles. The van der Waals surface area contributed by atoms with Crippen molar-refractivity contribution in [2.24, 2.45) is 5.73 Å². The van der Waals surface area contributed by atoms with Crippen molar-refractivity contribution in [3.63, 3.8) is 0 Å². The summed E-state index contributed by atoms with van der Waals surface area (Å²) in [5.74, 6) is -3.28. The summed E-state index contributed by atoms with van der Waals surface area (Å²) < 4.78 is 50.7. The molecule has 0 heterocycles. The smallest absolute Gasteiger partial charge is 0.273 e. The summed E-state index contributed by atoms with van der Waals surface area (Å²) in [6.45, 7) is -1.99. The fourth-order valence-corrected chi connectivity index (χ4v) is 2.59. The highest BCUT2D eigenvalue weighted by Gasteiger charge is 2.29. The number of rotatable bonds is 5. The molecule has 9 heteroatoms. The Hall–Kier alpha value is -0.470. The van der Waals surface area contributed by atoms with E-state index in [1.54, 1.807) is 4.72 Å². The summed E-state index contributed by atoms with van der Waals surface area (Å²) in [4.78, 5) is -0.241. The highest BCUT2D eigenvalue weighted by atomic mass is 35.5. The van der Waals surface area contributed by atoms with Crippen LogP contribution in [0, 0.1) is 0 Å². The van der Waals surface area contributed by atoms with E-state index in [4.69, 9.17) is 17.3 Å². The average molecular weight is 321 g/mol. The first-order valence-corrected chi connectivity index (χ1v) is 6.47. The molecule has 0 amide bonds. The van der Waals surface area contributed by atoms with E-state index in [1.807, 2.05) is 0 Å². The van der Waals surface area contributed by atoms with Gasteiger partial charge >= 0.3 is 0 Å². The summed E-state index contributed by atoms with van der Waals surface area (Å²) >= 11 is 5.66. The minimum atomic E-state index is -4.05. The fourth-order valence-electron chi connectivity index (χ4n) is 1.01. The molecular formula is C9H12Cl2F2N2O2S. The monoisotopic (exact) mass is 320 g/mol. The van der Waals surface area contributed by atoms with Gasteiger partial charge in [0.25, 0.3) is 5.92 Å². The minimum absolute atomic E-state index is 0. The van der Waals surface area contributed by atoms with Gasteiger partial charge in [0.1, 0.15) is 4.90 Å². The molecule has 0 aliphatic heterocycles. The standard InChI is InChI=1S/C9H11ClF2N2O2S.ClH/c10-7-3-1-2-4-8(7)17(15,16)14-6-9(11,12)5-13;/h1-4,14H,5-6,13H2;1H. The van der Waals surface area contributed by atoms with Gasteiger partial charge in [-0.1, -0.05) is 23.7 Å². The van der Waals surface area contributed by atoms with Crippen LogP contribution in [-0.4, -0.2) is 27.4 Å². The van der Waals surface area contributed by atoms with Gasteiger partial charge in [0.05, 0.1) is 18.1 Å². The van der Waals surface area contributed by atoms with E-state index in [9.17, 15) is 17.2 Å². The molecule has 1 aromatic carbocycles. The lowest BCUT2D eigenvalue weighted by atomic mass is 10.3. The molecule has 1 rings (SSSR count). The summed E-state index contributed by atoms with van der Waals surface area (Å²) in [5, 5.41) is -0.0314. The van der Waals surface area contributed by atoms with Crippen molar-refractivity contribution >= 4 is 34.0 Å². The first-order valence-electron chi connectivity index (χ1n) is 4.60. The van der Waals surface area contributed by atoms with Crippen LogP contribution in [-0.2, 0) is 10.0 Å². The fraction of sp³-hybridized carbons (Fsp3) is 0.333. The van der Waals surface area contributed by atoms with Crippen molar-refractivity contribution in [3.05, 3.63) is 29.3 Å². The predicted octanol–water partition coefficient (Wildman–Crippen LogP) is 1.63. The molecule has 0 unspecified atom stereocenters. The van der Waals surface area contributed by atoms with E-state index < -0.39 is 29.0 Å². The van der Waals surface area contributed by atoms with Crippen LogP contribution in [0.3, 0.4) is 0 Å². The zero-order chi connectivity index (χ0) is 13.1. The van der Waals surface area contributed by atoms with Gasteiger partial charge in [-0.25, -0.2) is 21.9 Å². The van der Waals surface area contributed by atoms with Crippen molar-refractivity contribution in [2.75, 3.05) is 13.1 Å². The first-order chi connectivity index (χ1) is 7.78.